The predicted octanol–water partition coefficient (Wildman–Crippen LogP) is 4.32. The number of aryl methyl sites for hydroxylation is 2. The molecule has 2 aromatic carbocycles. The van der Waals surface area contributed by atoms with Gasteiger partial charge in [-0.1, -0.05) is 24.3 Å². The van der Waals surface area contributed by atoms with Crippen LogP contribution >= 0.6 is 0 Å². The van der Waals surface area contributed by atoms with Crippen molar-refractivity contribution in [3.63, 3.8) is 0 Å². The number of benzene rings is 2. The Balaban J connectivity index is 1.50. The highest BCUT2D eigenvalue weighted by Gasteiger charge is 2.26. The number of nitrogens with zero attached hydrogens (tertiary/aromatic N) is 3. The standard InChI is InChI=1S/C34H45N5O4/c1-5-38(29-10-14-42-15-11-29)32-20-28(27-8-6-26(7-9-27)21-37-12-16-43-17-13-37)19-30(25(32)4)34(41)39(35)22-31-23(2)18-24(3)36-33(31)40/h6-9,18-20,29H,5,10-17,21-22,35H2,1-4H3,(H,36,40). The number of nitrogens with two attached hydrogens (primary N) is 1. The maximum Gasteiger partial charge on any atom is 0.268 e. The van der Waals surface area contributed by atoms with E-state index in [0.717, 1.165) is 99.1 Å². The SMILES string of the molecule is CCN(c1cc(-c2ccc(CN3CCOCC3)cc2)cc(C(=O)N(N)Cc2c(C)cc(C)[nH]c2=O)c1C)C1CCOCC1. The Morgan fingerprint density at radius 3 is 2.30 bits per heavy atom. The number of aromatic nitrogens is 1. The molecule has 3 aromatic rings. The highest BCUT2D eigenvalue weighted by Crippen LogP contribution is 2.34. The van der Waals surface area contributed by atoms with E-state index in [4.69, 9.17) is 15.3 Å². The third-order valence-corrected chi connectivity index (χ3v) is 8.77. The summed E-state index contributed by atoms with van der Waals surface area (Å²) >= 11 is 0. The second-order valence-corrected chi connectivity index (χ2v) is 11.8. The summed E-state index contributed by atoms with van der Waals surface area (Å²) in [6.07, 6.45) is 1.88. The average molecular weight is 588 g/mol. The fourth-order valence-corrected chi connectivity index (χ4v) is 6.30. The second kappa shape index (κ2) is 13.9. The van der Waals surface area contributed by atoms with Gasteiger partial charge in [0.15, 0.2) is 0 Å². The highest BCUT2D eigenvalue weighted by atomic mass is 16.5. The molecule has 0 atom stereocenters. The molecule has 230 valence electrons. The van der Waals surface area contributed by atoms with Crippen LogP contribution in [0.3, 0.4) is 0 Å². The van der Waals surface area contributed by atoms with Crippen molar-refractivity contribution in [2.75, 3.05) is 51.0 Å². The molecule has 9 nitrogen and oxygen atoms in total. The lowest BCUT2D eigenvalue weighted by Gasteiger charge is -2.37. The van der Waals surface area contributed by atoms with E-state index >= 15 is 0 Å². The Labute approximate surface area is 254 Å². The summed E-state index contributed by atoms with van der Waals surface area (Å²) in [7, 11) is 0. The molecule has 1 aromatic heterocycles. The van der Waals surface area contributed by atoms with Crippen molar-refractivity contribution >= 4 is 11.6 Å². The lowest BCUT2D eigenvalue weighted by molar-refractivity contribution is 0.0342. The summed E-state index contributed by atoms with van der Waals surface area (Å²) in [6.45, 7) is 14.5. The fourth-order valence-electron chi connectivity index (χ4n) is 6.30. The van der Waals surface area contributed by atoms with Crippen LogP contribution in [0, 0.1) is 20.8 Å². The second-order valence-electron chi connectivity index (χ2n) is 11.8. The minimum absolute atomic E-state index is 0.0208. The number of anilines is 1. The monoisotopic (exact) mass is 587 g/mol. The van der Waals surface area contributed by atoms with E-state index in [1.54, 1.807) is 0 Å². The summed E-state index contributed by atoms with van der Waals surface area (Å²) in [6, 6.07) is 15.0. The Hall–Kier alpha value is -3.50. The summed E-state index contributed by atoms with van der Waals surface area (Å²) < 4.78 is 11.1. The van der Waals surface area contributed by atoms with Crippen molar-refractivity contribution in [2.24, 2.45) is 5.84 Å². The van der Waals surface area contributed by atoms with Crippen LogP contribution < -0.4 is 16.3 Å². The minimum atomic E-state index is -0.313. The normalized spacial score (nSPS) is 16.3. The number of rotatable bonds is 9. The van der Waals surface area contributed by atoms with Crippen LogP contribution in [0.25, 0.3) is 11.1 Å². The first-order chi connectivity index (χ1) is 20.7. The minimum Gasteiger partial charge on any atom is -0.381 e. The van der Waals surface area contributed by atoms with E-state index in [1.807, 2.05) is 32.9 Å². The van der Waals surface area contributed by atoms with Crippen LogP contribution in [0.4, 0.5) is 5.69 Å². The molecular formula is C34H45N5O4. The maximum atomic E-state index is 14.0. The number of nitrogens with one attached hydrogen (secondary N) is 1. The van der Waals surface area contributed by atoms with Gasteiger partial charge in [0.25, 0.3) is 11.5 Å². The van der Waals surface area contributed by atoms with Crippen LogP contribution in [-0.4, -0.2) is 72.9 Å². The lowest BCUT2D eigenvalue weighted by atomic mass is 9.94. The van der Waals surface area contributed by atoms with Gasteiger partial charge in [-0.25, -0.2) is 5.84 Å². The first kappa shape index (κ1) is 30.9. The number of amides is 1. The first-order valence-corrected chi connectivity index (χ1v) is 15.4. The van der Waals surface area contributed by atoms with Gasteiger partial charge in [-0.05, 0) is 86.6 Å². The molecule has 2 aliphatic rings. The molecule has 0 spiro atoms. The fraction of sp³-hybridized carbons (Fsp3) is 0.471. The molecule has 2 saturated heterocycles. The molecule has 0 bridgehead atoms. The molecule has 3 N–H and O–H groups in total. The predicted molar refractivity (Wildman–Crippen MR) is 170 cm³/mol. The summed E-state index contributed by atoms with van der Waals surface area (Å²) in [5, 5.41) is 1.17. The van der Waals surface area contributed by atoms with E-state index < -0.39 is 0 Å². The molecule has 43 heavy (non-hydrogen) atoms. The van der Waals surface area contributed by atoms with Crippen LogP contribution in [0.1, 0.15) is 58.1 Å². The van der Waals surface area contributed by atoms with Gasteiger partial charge in [-0.2, -0.15) is 0 Å². The molecule has 2 aliphatic heterocycles. The summed E-state index contributed by atoms with van der Waals surface area (Å²) in [5.74, 6) is 6.10. The third-order valence-electron chi connectivity index (χ3n) is 8.77. The Morgan fingerprint density at radius 1 is 0.977 bits per heavy atom. The van der Waals surface area contributed by atoms with Crippen LogP contribution in [0.5, 0.6) is 0 Å². The van der Waals surface area contributed by atoms with E-state index in [1.165, 1.54) is 10.6 Å². The topological polar surface area (TPSA) is 104 Å². The van der Waals surface area contributed by atoms with Gasteiger partial charge in [-0.3, -0.25) is 19.5 Å². The quantitative estimate of drug-likeness (QED) is 0.218. The molecule has 1 amide bonds. The molecule has 0 unspecified atom stereocenters. The highest BCUT2D eigenvalue weighted by molar-refractivity contribution is 5.98. The van der Waals surface area contributed by atoms with E-state index in [-0.39, 0.29) is 18.0 Å². The van der Waals surface area contributed by atoms with Gasteiger partial charge in [0, 0.05) is 67.9 Å². The van der Waals surface area contributed by atoms with Gasteiger partial charge in [0.2, 0.25) is 0 Å². The van der Waals surface area contributed by atoms with E-state index in [2.05, 4.69) is 52.0 Å². The maximum absolute atomic E-state index is 14.0. The Bertz CT molecular complexity index is 1470. The van der Waals surface area contributed by atoms with Gasteiger partial charge < -0.3 is 19.4 Å². The molecule has 0 saturated carbocycles. The molecule has 0 radical (unpaired) electrons. The zero-order chi connectivity index (χ0) is 30.5. The average Bonchev–Trinajstić information content (AvgIpc) is 3.01. The van der Waals surface area contributed by atoms with Crippen LogP contribution in [-0.2, 0) is 22.6 Å². The van der Waals surface area contributed by atoms with Crippen molar-refractivity contribution < 1.29 is 14.3 Å². The van der Waals surface area contributed by atoms with Gasteiger partial charge in [0.1, 0.15) is 0 Å². The smallest absolute Gasteiger partial charge is 0.268 e. The number of carbonyl (C=O) groups excluding carboxylic acids is 1. The van der Waals surface area contributed by atoms with Crippen molar-refractivity contribution in [1.82, 2.24) is 14.9 Å². The molecule has 5 rings (SSSR count). The number of hydrazine groups is 1. The van der Waals surface area contributed by atoms with Crippen molar-refractivity contribution in [3.8, 4) is 11.1 Å². The summed E-state index contributed by atoms with van der Waals surface area (Å²) in [5.41, 5.74) is 7.56. The van der Waals surface area contributed by atoms with Gasteiger partial charge >= 0.3 is 0 Å². The number of morpholine rings is 1. The first-order valence-electron chi connectivity index (χ1n) is 15.4. The Morgan fingerprint density at radius 2 is 1.65 bits per heavy atom. The molecule has 0 aliphatic carbocycles. The molecular weight excluding hydrogens is 542 g/mol. The van der Waals surface area contributed by atoms with Crippen LogP contribution in [0.2, 0.25) is 0 Å². The van der Waals surface area contributed by atoms with Crippen molar-refractivity contribution in [1.29, 1.82) is 0 Å². The number of carbonyl (C=O) groups is 1. The Kier molecular flexibility index (Phi) is 9.97. The molecule has 3 heterocycles. The summed E-state index contributed by atoms with van der Waals surface area (Å²) in [4.78, 5) is 34.3. The number of H-pyrrole nitrogens is 1. The van der Waals surface area contributed by atoms with Gasteiger partial charge in [-0.15, -0.1) is 0 Å². The molecule has 2 fully saturated rings. The zero-order valence-electron chi connectivity index (χ0n) is 25.9. The van der Waals surface area contributed by atoms with Gasteiger partial charge in [0.05, 0.1) is 19.8 Å². The van der Waals surface area contributed by atoms with E-state index in [0.29, 0.717) is 17.2 Å². The lowest BCUT2D eigenvalue weighted by Crippen LogP contribution is -2.41. The number of ether oxygens (including phenoxy) is 2. The van der Waals surface area contributed by atoms with E-state index in [9.17, 15) is 9.59 Å². The number of hydrogen-bond acceptors (Lipinski definition) is 7. The number of aromatic amines is 1. The molecule has 9 heteroatoms. The zero-order valence-corrected chi connectivity index (χ0v) is 25.9. The number of pyridine rings is 1. The third kappa shape index (κ3) is 7.18. The van der Waals surface area contributed by atoms with Crippen molar-refractivity contribution in [2.45, 2.75) is 59.7 Å². The van der Waals surface area contributed by atoms with Crippen LogP contribution in [0.15, 0.2) is 47.3 Å². The largest absolute Gasteiger partial charge is 0.381 e. The van der Waals surface area contributed by atoms with Crippen molar-refractivity contribution in [3.05, 3.63) is 86.3 Å². The number of hydrogen-bond donors (Lipinski definition) is 2.